The molecule has 36 heavy (non-hydrogen) atoms. The average molecular weight is 495 g/mol. The molecule has 0 unspecified atom stereocenters. The van der Waals surface area contributed by atoms with Gasteiger partial charge < -0.3 is 24.4 Å². The Bertz CT molecular complexity index is 998. The first-order valence-electron chi connectivity index (χ1n) is 13.2. The molecular weight excluding hydrogens is 456 g/mol. The van der Waals surface area contributed by atoms with Crippen LogP contribution in [0, 0.1) is 0 Å². The maximum atomic E-state index is 12.9. The third kappa shape index (κ3) is 6.30. The first-order chi connectivity index (χ1) is 17.5. The molecule has 1 aromatic carbocycles. The lowest BCUT2D eigenvalue weighted by Crippen LogP contribution is -2.55. The molecule has 194 valence electrons. The Morgan fingerprint density at radius 1 is 1.06 bits per heavy atom. The summed E-state index contributed by atoms with van der Waals surface area (Å²) < 4.78 is 12.3. The molecule has 5 rings (SSSR count). The van der Waals surface area contributed by atoms with E-state index in [1.165, 1.54) is 5.56 Å². The third-order valence-electron chi connectivity index (χ3n) is 7.67. The molecular formula is C28H38N4O4. The van der Waals surface area contributed by atoms with Crippen molar-refractivity contribution in [3.8, 4) is 11.1 Å². The summed E-state index contributed by atoms with van der Waals surface area (Å²) in [6.07, 6.45) is 5.09. The van der Waals surface area contributed by atoms with E-state index in [1.54, 1.807) is 0 Å². The fraction of sp³-hybridized carbons (Fsp3) is 0.571. The van der Waals surface area contributed by atoms with Crippen LogP contribution in [0.5, 0.6) is 0 Å². The highest BCUT2D eigenvalue weighted by molar-refractivity contribution is 5.76. The van der Waals surface area contributed by atoms with Crippen molar-refractivity contribution in [2.75, 3.05) is 53.0 Å². The van der Waals surface area contributed by atoms with Crippen LogP contribution >= 0.6 is 0 Å². The van der Waals surface area contributed by atoms with Crippen LogP contribution in [0.15, 0.2) is 48.8 Å². The number of hydrogen-bond acceptors (Lipinski definition) is 7. The fourth-order valence-corrected chi connectivity index (χ4v) is 5.64. The van der Waals surface area contributed by atoms with E-state index in [-0.39, 0.29) is 24.2 Å². The predicted molar refractivity (Wildman–Crippen MR) is 137 cm³/mol. The first kappa shape index (κ1) is 25.3. The molecule has 3 fully saturated rings. The summed E-state index contributed by atoms with van der Waals surface area (Å²) in [7, 11) is 2.10. The van der Waals surface area contributed by atoms with E-state index >= 15 is 0 Å². The van der Waals surface area contributed by atoms with Crippen LogP contribution in [0.1, 0.15) is 24.8 Å². The number of hydrogen-bond donors (Lipinski definition) is 1. The first-order valence-corrected chi connectivity index (χ1v) is 13.2. The highest BCUT2D eigenvalue weighted by Crippen LogP contribution is 2.30. The molecule has 1 aromatic heterocycles. The zero-order valence-electron chi connectivity index (χ0n) is 21.2. The van der Waals surface area contributed by atoms with Crippen molar-refractivity contribution < 1.29 is 19.4 Å². The number of β-amino-alcohol motifs (C(OH)–C–C–N with tert-alkyl or cyclic N) is 1. The molecule has 0 aliphatic carbocycles. The van der Waals surface area contributed by atoms with E-state index in [9.17, 15) is 9.90 Å². The minimum absolute atomic E-state index is 0.0803. The Morgan fingerprint density at radius 3 is 2.67 bits per heavy atom. The molecule has 8 heteroatoms. The van der Waals surface area contributed by atoms with Crippen LogP contribution in [0.4, 0.5) is 0 Å². The van der Waals surface area contributed by atoms with E-state index in [0.717, 1.165) is 56.7 Å². The Hall–Kier alpha value is -2.36. The number of aliphatic hydroxyl groups excluding tert-OH is 1. The van der Waals surface area contributed by atoms with Gasteiger partial charge in [-0.2, -0.15) is 0 Å². The second-order valence-corrected chi connectivity index (χ2v) is 10.4. The Balaban J connectivity index is 1.25. The van der Waals surface area contributed by atoms with Crippen molar-refractivity contribution in [3.05, 3.63) is 54.4 Å². The number of nitrogens with zero attached hydrogens (tertiary/aromatic N) is 4. The van der Waals surface area contributed by atoms with Gasteiger partial charge in [0.15, 0.2) is 0 Å². The number of fused-ring (bicyclic) bond motifs is 1. The lowest BCUT2D eigenvalue weighted by Gasteiger charge is -2.45. The summed E-state index contributed by atoms with van der Waals surface area (Å²) >= 11 is 0. The molecule has 1 N–H and O–H groups in total. The molecule has 3 saturated heterocycles. The SMILES string of the molecule is CN1CCN(C(=O)C[C@@H]2CC[C@H]3[C@@H](COC[C@@H](O)CN3Cc3cccc(-c4ccncc4)c3)O2)CC1. The van der Waals surface area contributed by atoms with E-state index in [2.05, 4.69) is 46.1 Å². The van der Waals surface area contributed by atoms with E-state index in [0.29, 0.717) is 26.2 Å². The Labute approximate surface area is 213 Å². The highest BCUT2D eigenvalue weighted by atomic mass is 16.5. The monoisotopic (exact) mass is 494 g/mol. The van der Waals surface area contributed by atoms with Crippen molar-refractivity contribution in [2.24, 2.45) is 0 Å². The van der Waals surface area contributed by atoms with Gasteiger partial charge in [-0.1, -0.05) is 18.2 Å². The van der Waals surface area contributed by atoms with Crippen molar-refractivity contribution in [1.29, 1.82) is 0 Å². The molecule has 0 saturated carbocycles. The molecule has 8 nitrogen and oxygen atoms in total. The van der Waals surface area contributed by atoms with Gasteiger partial charge in [0.2, 0.25) is 5.91 Å². The maximum Gasteiger partial charge on any atom is 0.225 e. The molecule has 3 aliphatic rings. The van der Waals surface area contributed by atoms with Crippen molar-refractivity contribution in [3.63, 3.8) is 0 Å². The van der Waals surface area contributed by atoms with Gasteiger partial charge in [0.1, 0.15) is 0 Å². The third-order valence-corrected chi connectivity index (χ3v) is 7.67. The number of piperazine rings is 1. The summed E-state index contributed by atoms with van der Waals surface area (Å²) in [5.74, 6) is 0.193. The summed E-state index contributed by atoms with van der Waals surface area (Å²) in [5, 5.41) is 10.6. The minimum Gasteiger partial charge on any atom is -0.389 e. The molecule has 4 atom stereocenters. The number of amides is 1. The Morgan fingerprint density at radius 2 is 1.86 bits per heavy atom. The van der Waals surface area contributed by atoms with Crippen molar-refractivity contribution >= 4 is 5.91 Å². The van der Waals surface area contributed by atoms with E-state index in [1.807, 2.05) is 29.4 Å². The molecule has 2 aromatic rings. The van der Waals surface area contributed by atoms with Crippen LogP contribution in [-0.2, 0) is 20.8 Å². The van der Waals surface area contributed by atoms with Crippen LogP contribution in [0.2, 0.25) is 0 Å². The number of benzene rings is 1. The second kappa shape index (κ2) is 11.8. The van der Waals surface area contributed by atoms with Gasteiger partial charge in [0, 0.05) is 57.7 Å². The van der Waals surface area contributed by atoms with E-state index in [4.69, 9.17) is 9.47 Å². The average Bonchev–Trinajstić information content (AvgIpc) is 2.89. The van der Waals surface area contributed by atoms with Crippen molar-refractivity contribution in [1.82, 2.24) is 19.7 Å². The van der Waals surface area contributed by atoms with Crippen LogP contribution in [0.25, 0.3) is 11.1 Å². The number of aromatic nitrogens is 1. The number of carbonyl (C=O) groups is 1. The van der Waals surface area contributed by atoms with Gasteiger partial charge in [-0.05, 0) is 54.8 Å². The van der Waals surface area contributed by atoms with Gasteiger partial charge in [-0.15, -0.1) is 0 Å². The lowest BCUT2D eigenvalue weighted by molar-refractivity contribution is -0.161. The molecule has 0 radical (unpaired) electrons. The number of likely N-dealkylation sites (N-methyl/N-ethyl adjacent to an activating group) is 1. The summed E-state index contributed by atoms with van der Waals surface area (Å²) in [4.78, 5) is 23.6. The molecule has 0 bridgehead atoms. The second-order valence-electron chi connectivity index (χ2n) is 10.4. The van der Waals surface area contributed by atoms with Gasteiger partial charge in [-0.25, -0.2) is 0 Å². The fourth-order valence-electron chi connectivity index (χ4n) is 5.64. The smallest absolute Gasteiger partial charge is 0.225 e. The van der Waals surface area contributed by atoms with Crippen LogP contribution < -0.4 is 0 Å². The zero-order valence-corrected chi connectivity index (χ0v) is 21.2. The normalized spacial score (nSPS) is 28.2. The van der Waals surface area contributed by atoms with Gasteiger partial charge in [0.05, 0.1) is 37.9 Å². The number of carbonyl (C=O) groups excluding carboxylic acids is 1. The zero-order chi connectivity index (χ0) is 24.9. The topological polar surface area (TPSA) is 78.4 Å². The van der Waals surface area contributed by atoms with Crippen LogP contribution in [0.3, 0.4) is 0 Å². The predicted octanol–water partition coefficient (Wildman–Crippen LogP) is 2.02. The largest absolute Gasteiger partial charge is 0.389 e. The lowest BCUT2D eigenvalue weighted by atomic mass is 9.94. The Kier molecular flexibility index (Phi) is 8.29. The molecule has 1 amide bonds. The standard InChI is InChI=1S/C28H38N4O4/c1-30-11-13-31(14-12-30)28(34)16-25-5-6-26-27(36-25)20-35-19-24(33)18-32(26)17-21-3-2-4-23(15-21)22-7-9-29-10-8-22/h2-4,7-10,15,24-27,33H,5-6,11-14,16-20H2,1H3/t24-,25-,26-,27+/m0/s1. The molecule has 3 aliphatic heterocycles. The summed E-state index contributed by atoms with van der Waals surface area (Å²) in [6, 6.07) is 12.7. The molecule has 0 spiro atoms. The minimum atomic E-state index is -0.536. The van der Waals surface area contributed by atoms with Gasteiger partial charge in [-0.3, -0.25) is 14.7 Å². The van der Waals surface area contributed by atoms with Crippen molar-refractivity contribution in [2.45, 2.75) is 50.2 Å². The number of aliphatic hydroxyl groups is 1. The number of rotatable bonds is 5. The quantitative estimate of drug-likeness (QED) is 0.681. The number of ether oxygens (including phenoxy) is 2. The molecule has 4 heterocycles. The summed E-state index contributed by atoms with van der Waals surface area (Å²) in [5.41, 5.74) is 3.49. The van der Waals surface area contributed by atoms with E-state index < -0.39 is 6.10 Å². The summed E-state index contributed by atoms with van der Waals surface area (Å²) in [6.45, 7) is 5.44. The van der Waals surface area contributed by atoms with Crippen LogP contribution in [-0.4, -0.2) is 108 Å². The van der Waals surface area contributed by atoms with Gasteiger partial charge >= 0.3 is 0 Å². The highest BCUT2D eigenvalue weighted by Gasteiger charge is 2.38. The number of pyridine rings is 1. The van der Waals surface area contributed by atoms with Gasteiger partial charge in [0.25, 0.3) is 0 Å². The maximum absolute atomic E-state index is 12.9.